The van der Waals surface area contributed by atoms with E-state index < -0.39 is 0 Å². The third-order valence-electron chi connectivity index (χ3n) is 4.64. The molecule has 0 aromatic heterocycles. The van der Waals surface area contributed by atoms with Gasteiger partial charge >= 0.3 is 0 Å². The fraction of sp³-hybridized carbons (Fsp3) is 0.533. The molecule has 1 aliphatic carbocycles. The summed E-state index contributed by atoms with van der Waals surface area (Å²) >= 11 is 3.43. The summed E-state index contributed by atoms with van der Waals surface area (Å²) in [6.07, 6.45) is 0. The number of carbonyl (C=O) groups excluding carboxylic acids is 1. The Hall–Kier alpha value is -0.830. The van der Waals surface area contributed by atoms with E-state index in [1.807, 2.05) is 24.3 Å². The quantitative estimate of drug-likeness (QED) is 0.905. The van der Waals surface area contributed by atoms with Gasteiger partial charge in [-0.05, 0) is 28.5 Å². The largest absolute Gasteiger partial charge is 0.352 e. The molecule has 98 valence electrons. The Labute approximate surface area is 117 Å². The van der Waals surface area contributed by atoms with Crippen molar-refractivity contribution in [3.8, 4) is 0 Å². The number of nitrogens with one attached hydrogen (secondary N) is 1. The normalized spacial score (nSPS) is 20.5. The molecule has 0 bridgehead atoms. The molecular weight excluding hydrogens is 290 g/mol. The third-order valence-corrected chi connectivity index (χ3v) is 5.13. The highest BCUT2D eigenvalue weighted by atomic mass is 79.9. The van der Waals surface area contributed by atoms with Crippen LogP contribution in [-0.4, -0.2) is 5.91 Å². The van der Waals surface area contributed by atoms with Crippen LogP contribution in [-0.2, 0) is 11.3 Å². The summed E-state index contributed by atoms with van der Waals surface area (Å²) in [5.74, 6) is 0.294. The predicted molar refractivity (Wildman–Crippen MR) is 77.0 cm³/mol. The number of amides is 1. The Morgan fingerprint density at radius 3 is 2.39 bits per heavy atom. The Kier molecular flexibility index (Phi) is 3.30. The number of carbonyl (C=O) groups is 1. The smallest absolute Gasteiger partial charge is 0.224 e. The second kappa shape index (κ2) is 4.37. The fourth-order valence-corrected chi connectivity index (χ4v) is 3.24. The zero-order valence-corrected chi connectivity index (χ0v) is 13.0. The predicted octanol–water partition coefficient (Wildman–Crippen LogP) is 3.75. The maximum atomic E-state index is 12.2. The molecule has 3 heteroatoms. The van der Waals surface area contributed by atoms with Crippen molar-refractivity contribution in [2.45, 2.75) is 34.2 Å². The summed E-state index contributed by atoms with van der Waals surface area (Å²) in [6, 6.07) is 8.02. The summed E-state index contributed by atoms with van der Waals surface area (Å²) in [5, 5.41) is 3.04. The molecule has 0 unspecified atom stereocenters. The Morgan fingerprint density at radius 2 is 1.89 bits per heavy atom. The van der Waals surface area contributed by atoms with Gasteiger partial charge in [-0.15, -0.1) is 0 Å². The van der Waals surface area contributed by atoms with E-state index in [4.69, 9.17) is 0 Å². The van der Waals surface area contributed by atoms with Gasteiger partial charge in [0.2, 0.25) is 5.91 Å². The van der Waals surface area contributed by atoms with Crippen LogP contribution in [0.4, 0.5) is 0 Å². The van der Waals surface area contributed by atoms with Gasteiger partial charge in [0.05, 0.1) is 0 Å². The van der Waals surface area contributed by atoms with E-state index in [1.165, 1.54) is 0 Å². The van der Waals surface area contributed by atoms with Gasteiger partial charge in [0.1, 0.15) is 0 Å². The number of hydrogen-bond acceptors (Lipinski definition) is 1. The summed E-state index contributed by atoms with van der Waals surface area (Å²) in [5.41, 5.74) is 1.33. The van der Waals surface area contributed by atoms with Crippen LogP contribution in [0.25, 0.3) is 0 Å². The van der Waals surface area contributed by atoms with E-state index in [2.05, 4.69) is 48.9 Å². The topological polar surface area (TPSA) is 29.1 Å². The molecule has 0 atom stereocenters. The summed E-state index contributed by atoms with van der Waals surface area (Å²) < 4.78 is 1.04. The molecule has 18 heavy (non-hydrogen) atoms. The lowest BCUT2D eigenvalue weighted by molar-refractivity contribution is -0.123. The van der Waals surface area contributed by atoms with Gasteiger partial charge in [-0.1, -0.05) is 55.8 Å². The van der Waals surface area contributed by atoms with E-state index in [-0.39, 0.29) is 22.7 Å². The first kappa shape index (κ1) is 13.6. The maximum absolute atomic E-state index is 12.2. The molecule has 1 aromatic carbocycles. The zero-order valence-electron chi connectivity index (χ0n) is 11.4. The average Bonchev–Trinajstić information content (AvgIpc) is 2.66. The van der Waals surface area contributed by atoms with Crippen molar-refractivity contribution < 1.29 is 4.79 Å². The molecule has 0 heterocycles. The van der Waals surface area contributed by atoms with Crippen LogP contribution in [0.2, 0.25) is 0 Å². The van der Waals surface area contributed by atoms with Gasteiger partial charge < -0.3 is 5.32 Å². The zero-order chi connectivity index (χ0) is 13.6. The SMILES string of the molecule is CC1(C)C(C(=O)NCc2cccc(Br)c2)C1(C)C. The molecule has 0 aliphatic heterocycles. The number of rotatable bonds is 3. The lowest BCUT2D eigenvalue weighted by Crippen LogP contribution is -2.26. The molecular formula is C15H20BrNO. The van der Waals surface area contributed by atoms with E-state index in [9.17, 15) is 4.79 Å². The fourth-order valence-electron chi connectivity index (χ4n) is 2.79. The maximum Gasteiger partial charge on any atom is 0.224 e. The molecule has 2 rings (SSSR count). The molecule has 2 nitrogen and oxygen atoms in total. The van der Waals surface area contributed by atoms with Crippen molar-refractivity contribution in [1.29, 1.82) is 0 Å². The van der Waals surface area contributed by atoms with Gasteiger partial charge in [0.25, 0.3) is 0 Å². The van der Waals surface area contributed by atoms with Crippen LogP contribution in [0.1, 0.15) is 33.3 Å². The van der Waals surface area contributed by atoms with E-state index >= 15 is 0 Å². The van der Waals surface area contributed by atoms with Crippen molar-refractivity contribution in [3.05, 3.63) is 34.3 Å². The van der Waals surface area contributed by atoms with Crippen LogP contribution in [0.15, 0.2) is 28.7 Å². The van der Waals surface area contributed by atoms with Crippen LogP contribution >= 0.6 is 15.9 Å². The standard InChI is InChI=1S/C15H20BrNO/c1-14(2)12(15(14,3)4)13(18)17-9-10-6-5-7-11(16)8-10/h5-8,12H,9H2,1-4H3,(H,17,18). The van der Waals surface area contributed by atoms with E-state index in [0.29, 0.717) is 6.54 Å². The van der Waals surface area contributed by atoms with Crippen LogP contribution in [0, 0.1) is 16.7 Å². The van der Waals surface area contributed by atoms with Gasteiger partial charge in [-0.2, -0.15) is 0 Å². The molecule has 1 aliphatic rings. The molecule has 0 spiro atoms. The van der Waals surface area contributed by atoms with Crippen LogP contribution in [0.3, 0.4) is 0 Å². The first-order valence-electron chi connectivity index (χ1n) is 6.29. The van der Waals surface area contributed by atoms with E-state index in [0.717, 1.165) is 10.0 Å². The molecule has 1 fully saturated rings. The number of hydrogen-bond donors (Lipinski definition) is 1. The monoisotopic (exact) mass is 309 g/mol. The van der Waals surface area contributed by atoms with Crippen LogP contribution in [0.5, 0.6) is 0 Å². The molecule has 1 saturated carbocycles. The van der Waals surface area contributed by atoms with E-state index in [1.54, 1.807) is 0 Å². The Balaban J connectivity index is 1.95. The molecule has 0 saturated heterocycles. The highest BCUT2D eigenvalue weighted by molar-refractivity contribution is 9.10. The number of halogens is 1. The summed E-state index contributed by atoms with van der Waals surface area (Å²) in [4.78, 5) is 12.2. The summed E-state index contributed by atoms with van der Waals surface area (Å²) in [6.45, 7) is 9.25. The van der Waals surface area contributed by atoms with Gasteiger partial charge in [-0.3, -0.25) is 4.79 Å². The highest BCUT2D eigenvalue weighted by Crippen LogP contribution is 2.68. The Bertz CT molecular complexity index is 465. The molecule has 1 aromatic rings. The highest BCUT2D eigenvalue weighted by Gasteiger charge is 2.68. The van der Waals surface area contributed by atoms with Crippen LogP contribution < -0.4 is 5.32 Å². The lowest BCUT2D eigenvalue weighted by atomic mass is 10.0. The third kappa shape index (κ3) is 2.20. The average molecular weight is 310 g/mol. The first-order chi connectivity index (χ1) is 8.26. The summed E-state index contributed by atoms with van der Waals surface area (Å²) in [7, 11) is 0. The van der Waals surface area contributed by atoms with Crippen molar-refractivity contribution in [2.75, 3.05) is 0 Å². The van der Waals surface area contributed by atoms with Gasteiger partial charge in [0.15, 0.2) is 0 Å². The number of benzene rings is 1. The second-order valence-corrected chi connectivity index (χ2v) is 7.14. The second-order valence-electron chi connectivity index (χ2n) is 6.22. The van der Waals surface area contributed by atoms with Crippen molar-refractivity contribution in [1.82, 2.24) is 5.32 Å². The van der Waals surface area contributed by atoms with Crippen molar-refractivity contribution >= 4 is 21.8 Å². The van der Waals surface area contributed by atoms with Crippen molar-refractivity contribution in [3.63, 3.8) is 0 Å². The van der Waals surface area contributed by atoms with Gasteiger partial charge in [0, 0.05) is 16.9 Å². The molecule has 0 radical (unpaired) electrons. The minimum atomic E-state index is 0.106. The minimum Gasteiger partial charge on any atom is -0.352 e. The Morgan fingerprint density at radius 1 is 1.28 bits per heavy atom. The molecule has 1 amide bonds. The van der Waals surface area contributed by atoms with Crippen molar-refractivity contribution in [2.24, 2.45) is 16.7 Å². The minimum absolute atomic E-state index is 0.106. The lowest BCUT2D eigenvalue weighted by Gasteiger charge is -2.07. The van der Waals surface area contributed by atoms with Gasteiger partial charge in [-0.25, -0.2) is 0 Å². The first-order valence-corrected chi connectivity index (χ1v) is 7.08. The molecule has 1 N–H and O–H groups in total.